The van der Waals surface area contributed by atoms with E-state index >= 15 is 0 Å². The standard InChI is InChI=1S/C33H32ClNO6/c1-19-29(33(38)41-14-13-20-7-5-4-6-8-20)30(23-15-25(34)32(37)28(18-23)40-3)31-26(35-19)16-22(17-27(31)36)21-9-11-24(39-2)12-10-21/h4-12,15,18,22,30,35,37H,13-14,16-17H2,1-3H3/t22-,30-/m0/s1. The SMILES string of the molecule is COc1ccc([C@@H]2CC(=O)C3=C(C2)NC(C)=C(C(=O)OCCc2ccccc2)[C@@H]3c2cc(Cl)c(O)c(OC)c2)cc1. The number of ether oxygens (including phenoxy) is 3. The average Bonchev–Trinajstić information content (AvgIpc) is 2.98. The molecule has 0 aromatic heterocycles. The van der Waals surface area contributed by atoms with E-state index in [2.05, 4.69) is 5.32 Å². The lowest BCUT2D eigenvalue weighted by Gasteiger charge is -2.37. The van der Waals surface area contributed by atoms with Crippen LogP contribution in [0.15, 0.2) is 89.3 Å². The van der Waals surface area contributed by atoms with E-state index in [0.717, 1.165) is 22.6 Å². The molecule has 7 nitrogen and oxygen atoms in total. The number of ketones is 1. The smallest absolute Gasteiger partial charge is 0.336 e. The van der Waals surface area contributed by atoms with Crippen LogP contribution in [0.4, 0.5) is 0 Å². The summed E-state index contributed by atoms with van der Waals surface area (Å²) in [7, 11) is 3.04. The number of rotatable bonds is 8. The molecule has 1 heterocycles. The molecule has 0 saturated carbocycles. The highest BCUT2D eigenvalue weighted by Gasteiger charge is 2.42. The molecule has 0 fully saturated rings. The van der Waals surface area contributed by atoms with Crippen molar-refractivity contribution >= 4 is 23.4 Å². The number of aromatic hydroxyl groups is 1. The van der Waals surface area contributed by atoms with E-state index in [9.17, 15) is 14.7 Å². The fourth-order valence-corrected chi connectivity index (χ4v) is 5.87. The van der Waals surface area contributed by atoms with E-state index in [0.29, 0.717) is 35.2 Å². The number of carbonyl (C=O) groups is 2. The molecule has 212 valence electrons. The van der Waals surface area contributed by atoms with Gasteiger partial charge in [0.25, 0.3) is 0 Å². The zero-order valence-corrected chi connectivity index (χ0v) is 24.0. The minimum Gasteiger partial charge on any atom is -0.503 e. The van der Waals surface area contributed by atoms with Crippen molar-refractivity contribution in [3.8, 4) is 17.2 Å². The van der Waals surface area contributed by atoms with Crippen LogP contribution in [0.5, 0.6) is 17.2 Å². The Hall–Kier alpha value is -4.23. The maximum absolute atomic E-state index is 13.9. The molecule has 0 amide bonds. The Morgan fingerprint density at radius 3 is 2.41 bits per heavy atom. The first-order chi connectivity index (χ1) is 19.8. The van der Waals surface area contributed by atoms with Crippen molar-refractivity contribution in [2.75, 3.05) is 20.8 Å². The normalized spacial score (nSPS) is 18.5. The first-order valence-electron chi connectivity index (χ1n) is 13.5. The molecule has 1 aliphatic carbocycles. The molecule has 3 aromatic carbocycles. The number of Topliss-reactive ketones (excluding diaryl/α,β-unsaturated/α-hetero) is 1. The monoisotopic (exact) mass is 573 g/mol. The lowest BCUT2D eigenvalue weighted by Crippen LogP contribution is -2.36. The maximum Gasteiger partial charge on any atom is 0.336 e. The van der Waals surface area contributed by atoms with Gasteiger partial charge in [0.15, 0.2) is 17.3 Å². The number of nitrogens with one attached hydrogen (secondary N) is 1. The van der Waals surface area contributed by atoms with E-state index in [-0.39, 0.29) is 41.3 Å². The van der Waals surface area contributed by atoms with Gasteiger partial charge in [-0.1, -0.05) is 54.1 Å². The van der Waals surface area contributed by atoms with E-state index in [4.69, 9.17) is 25.8 Å². The highest BCUT2D eigenvalue weighted by molar-refractivity contribution is 6.32. The third kappa shape index (κ3) is 5.81. The van der Waals surface area contributed by atoms with Crippen molar-refractivity contribution in [1.82, 2.24) is 5.32 Å². The fraction of sp³-hybridized carbons (Fsp3) is 0.273. The van der Waals surface area contributed by atoms with Crippen molar-refractivity contribution in [3.63, 3.8) is 0 Å². The van der Waals surface area contributed by atoms with Crippen LogP contribution in [0.1, 0.15) is 48.3 Å². The summed E-state index contributed by atoms with van der Waals surface area (Å²) < 4.78 is 16.4. The molecule has 0 spiro atoms. The summed E-state index contributed by atoms with van der Waals surface area (Å²) in [4.78, 5) is 27.5. The summed E-state index contributed by atoms with van der Waals surface area (Å²) in [6, 6.07) is 20.7. The Bertz CT molecular complexity index is 1530. The molecular weight excluding hydrogens is 542 g/mol. The predicted molar refractivity (Wildman–Crippen MR) is 156 cm³/mol. The number of allylic oxidation sites excluding steroid dienone is 3. The molecule has 2 atom stereocenters. The minimum absolute atomic E-state index is 0.0366. The lowest BCUT2D eigenvalue weighted by molar-refractivity contribution is -0.139. The molecule has 2 aliphatic rings. The quantitative estimate of drug-likeness (QED) is 0.309. The Morgan fingerprint density at radius 1 is 1.00 bits per heavy atom. The van der Waals surface area contributed by atoms with Gasteiger partial charge in [-0.3, -0.25) is 4.79 Å². The van der Waals surface area contributed by atoms with Crippen LogP contribution in [-0.2, 0) is 20.7 Å². The molecule has 0 saturated heterocycles. The van der Waals surface area contributed by atoms with Crippen molar-refractivity contribution in [2.24, 2.45) is 0 Å². The number of esters is 1. The van der Waals surface area contributed by atoms with Gasteiger partial charge in [0.1, 0.15) is 5.75 Å². The second-order valence-electron chi connectivity index (χ2n) is 10.2. The zero-order chi connectivity index (χ0) is 29.1. The first-order valence-corrected chi connectivity index (χ1v) is 13.8. The number of hydrogen-bond acceptors (Lipinski definition) is 7. The van der Waals surface area contributed by atoms with Crippen LogP contribution >= 0.6 is 11.6 Å². The number of halogens is 1. The molecule has 1 aliphatic heterocycles. The molecule has 3 aromatic rings. The fourth-order valence-electron chi connectivity index (χ4n) is 5.65. The minimum atomic E-state index is -0.744. The second-order valence-corrected chi connectivity index (χ2v) is 10.6. The van der Waals surface area contributed by atoms with Gasteiger partial charge in [-0.15, -0.1) is 0 Å². The van der Waals surface area contributed by atoms with Gasteiger partial charge in [0.05, 0.1) is 31.4 Å². The summed E-state index contributed by atoms with van der Waals surface area (Å²) in [5.74, 6) is -0.674. The highest BCUT2D eigenvalue weighted by atomic mass is 35.5. The van der Waals surface area contributed by atoms with Gasteiger partial charge in [-0.25, -0.2) is 4.79 Å². The van der Waals surface area contributed by atoms with Crippen LogP contribution in [0.2, 0.25) is 5.02 Å². The van der Waals surface area contributed by atoms with Crippen LogP contribution < -0.4 is 14.8 Å². The van der Waals surface area contributed by atoms with Crippen molar-refractivity contribution in [2.45, 2.75) is 38.0 Å². The molecule has 41 heavy (non-hydrogen) atoms. The number of phenolic OH excluding ortho intramolecular Hbond substituents is 1. The number of benzene rings is 3. The van der Waals surface area contributed by atoms with Gasteiger partial charge >= 0.3 is 5.97 Å². The summed E-state index contributed by atoms with van der Waals surface area (Å²) in [5.41, 5.74) is 4.83. The Morgan fingerprint density at radius 2 is 1.73 bits per heavy atom. The highest BCUT2D eigenvalue weighted by Crippen LogP contribution is 2.48. The third-order valence-electron chi connectivity index (χ3n) is 7.71. The molecule has 0 radical (unpaired) electrons. The van der Waals surface area contributed by atoms with Gasteiger partial charge in [0.2, 0.25) is 0 Å². The molecule has 5 rings (SSSR count). The molecule has 0 bridgehead atoms. The first kappa shape index (κ1) is 28.3. The van der Waals surface area contributed by atoms with Crippen LogP contribution in [0, 0.1) is 0 Å². The van der Waals surface area contributed by atoms with E-state index in [1.165, 1.54) is 7.11 Å². The topological polar surface area (TPSA) is 94.1 Å². The molecular formula is C33H32ClNO6. The van der Waals surface area contributed by atoms with Gasteiger partial charge in [-0.05, 0) is 60.2 Å². The van der Waals surface area contributed by atoms with Gasteiger partial charge < -0.3 is 24.6 Å². The number of methoxy groups -OCH3 is 2. The van der Waals surface area contributed by atoms with Gasteiger partial charge in [-0.2, -0.15) is 0 Å². The van der Waals surface area contributed by atoms with Crippen LogP contribution in [0.3, 0.4) is 0 Å². The maximum atomic E-state index is 13.9. The molecule has 8 heteroatoms. The molecule has 2 N–H and O–H groups in total. The third-order valence-corrected chi connectivity index (χ3v) is 7.99. The van der Waals surface area contributed by atoms with E-state index in [1.807, 2.05) is 61.5 Å². The Labute approximate surface area is 244 Å². The second kappa shape index (κ2) is 12.1. The Kier molecular flexibility index (Phi) is 8.36. The van der Waals surface area contributed by atoms with Crippen LogP contribution in [-0.4, -0.2) is 37.7 Å². The van der Waals surface area contributed by atoms with Crippen molar-refractivity contribution in [3.05, 3.63) is 111 Å². The summed E-state index contributed by atoms with van der Waals surface area (Å²) in [6.07, 6.45) is 1.43. The summed E-state index contributed by atoms with van der Waals surface area (Å²) in [5, 5.41) is 13.8. The van der Waals surface area contributed by atoms with Crippen molar-refractivity contribution in [1.29, 1.82) is 0 Å². The lowest BCUT2D eigenvalue weighted by atomic mass is 9.71. The number of dihydropyridines is 1. The summed E-state index contributed by atoms with van der Waals surface area (Å²) in [6.45, 7) is 2.00. The molecule has 0 unspecified atom stereocenters. The number of phenols is 1. The predicted octanol–water partition coefficient (Wildman–Crippen LogP) is 6.21. The number of carbonyl (C=O) groups excluding carboxylic acids is 2. The van der Waals surface area contributed by atoms with E-state index < -0.39 is 11.9 Å². The largest absolute Gasteiger partial charge is 0.503 e. The van der Waals surface area contributed by atoms with Crippen molar-refractivity contribution < 1.29 is 28.9 Å². The van der Waals surface area contributed by atoms with Gasteiger partial charge in [0, 0.05) is 35.7 Å². The Balaban J connectivity index is 1.51. The van der Waals surface area contributed by atoms with Crippen LogP contribution in [0.25, 0.3) is 0 Å². The van der Waals surface area contributed by atoms with E-state index in [1.54, 1.807) is 19.2 Å². The summed E-state index contributed by atoms with van der Waals surface area (Å²) >= 11 is 6.38. The average molecular weight is 574 g/mol. The number of hydrogen-bond donors (Lipinski definition) is 2. The zero-order valence-electron chi connectivity index (χ0n) is 23.2.